The van der Waals surface area contributed by atoms with Crippen molar-refractivity contribution in [1.82, 2.24) is 0 Å². The van der Waals surface area contributed by atoms with Crippen molar-refractivity contribution >= 4 is 23.4 Å². The number of aliphatic hydroxyl groups excluding tert-OH is 1. The average molecular weight is 355 g/mol. The van der Waals surface area contributed by atoms with E-state index in [9.17, 15) is 5.11 Å². The largest absolute Gasteiger partial charge is 0.497 e. The van der Waals surface area contributed by atoms with Crippen molar-refractivity contribution in [2.75, 3.05) is 48.0 Å². The fraction of sp³-hybridized carbons (Fsp3) is 0.316. The molecule has 1 atom stereocenters. The van der Waals surface area contributed by atoms with Gasteiger partial charge in [0, 0.05) is 43.2 Å². The first-order valence-corrected chi connectivity index (χ1v) is 8.59. The Morgan fingerprint density at radius 2 is 1.46 bits per heavy atom. The van der Waals surface area contributed by atoms with Gasteiger partial charge >= 0.3 is 0 Å². The van der Waals surface area contributed by atoms with Gasteiger partial charge in [-0.1, -0.05) is 0 Å². The number of nitrogens with two attached hydrogens (primary N) is 1. The van der Waals surface area contributed by atoms with E-state index in [2.05, 4.69) is 21.9 Å². The van der Waals surface area contributed by atoms with E-state index >= 15 is 0 Å². The third-order valence-corrected chi connectivity index (χ3v) is 4.65. The molecule has 0 radical (unpaired) electrons. The van der Waals surface area contributed by atoms with Crippen LogP contribution in [0.3, 0.4) is 0 Å². The second kappa shape index (κ2) is 8.07. The molecule has 1 fully saturated rings. The van der Waals surface area contributed by atoms with Gasteiger partial charge in [-0.3, -0.25) is 16.0 Å². The molecule has 1 unspecified atom stereocenters. The highest BCUT2D eigenvalue weighted by Crippen LogP contribution is 2.24. The van der Waals surface area contributed by atoms with Crippen LogP contribution in [0.2, 0.25) is 0 Å². The van der Waals surface area contributed by atoms with Crippen LogP contribution < -0.4 is 25.2 Å². The predicted molar refractivity (Wildman–Crippen MR) is 105 cm³/mol. The van der Waals surface area contributed by atoms with E-state index in [4.69, 9.17) is 15.9 Å². The van der Waals surface area contributed by atoms with Crippen LogP contribution in [0.4, 0.5) is 17.1 Å². The van der Waals surface area contributed by atoms with Crippen LogP contribution >= 0.6 is 0 Å². The number of piperazine rings is 1. The zero-order chi connectivity index (χ0) is 18.5. The molecule has 0 aromatic heterocycles. The number of hydrogen-bond donors (Lipinski definition) is 3. The van der Waals surface area contributed by atoms with Crippen molar-refractivity contribution < 1.29 is 9.84 Å². The lowest BCUT2D eigenvalue weighted by molar-refractivity contribution is 0.193. The summed E-state index contributed by atoms with van der Waals surface area (Å²) in [5.74, 6) is 0.869. The third-order valence-electron chi connectivity index (χ3n) is 4.65. The van der Waals surface area contributed by atoms with Gasteiger partial charge in [0.1, 0.15) is 5.75 Å². The first kappa shape index (κ1) is 18.0. The molecule has 1 heterocycles. The quantitative estimate of drug-likeness (QED) is 0.415. The summed E-state index contributed by atoms with van der Waals surface area (Å²) in [6.07, 6.45) is -0.195. The molecule has 0 saturated carbocycles. The Kier molecular flexibility index (Phi) is 5.60. The molecular formula is C19H25N5O2. The zero-order valence-electron chi connectivity index (χ0n) is 14.9. The number of rotatable bonds is 6. The van der Waals surface area contributed by atoms with Gasteiger partial charge in [0.2, 0.25) is 0 Å². The van der Waals surface area contributed by atoms with Crippen LogP contribution in [0.1, 0.15) is 0 Å². The molecule has 2 aromatic carbocycles. The second-order valence-corrected chi connectivity index (χ2v) is 6.14. The summed E-state index contributed by atoms with van der Waals surface area (Å²) in [5, 5.41) is 16.8. The molecule has 0 aliphatic carbocycles. The summed E-state index contributed by atoms with van der Waals surface area (Å²) in [6, 6.07) is 15.9. The maximum absolute atomic E-state index is 9.48. The number of hydrogen-bond acceptors (Lipinski definition) is 6. The third kappa shape index (κ3) is 3.89. The monoisotopic (exact) mass is 355 g/mol. The lowest BCUT2D eigenvalue weighted by Crippen LogP contribution is -2.46. The highest BCUT2D eigenvalue weighted by Gasteiger charge is 2.18. The number of nitrogens with zero attached hydrogens (tertiary/aromatic N) is 3. The normalized spacial score (nSPS) is 15.5. The summed E-state index contributed by atoms with van der Waals surface area (Å²) < 4.78 is 5.21. The zero-order valence-corrected chi connectivity index (χ0v) is 14.9. The summed E-state index contributed by atoms with van der Waals surface area (Å²) in [4.78, 5) is 5.99. The van der Waals surface area contributed by atoms with Gasteiger partial charge in [-0.25, -0.2) is 0 Å². The van der Waals surface area contributed by atoms with Crippen molar-refractivity contribution in [2.24, 2.45) is 5.73 Å². The average Bonchev–Trinajstić information content (AvgIpc) is 2.69. The Labute approximate surface area is 153 Å². The molecule has 7 nitrogen and oxygen atoms in total. The van der Waals surface area contributed by atoms with Crippen LogP contribution in [0.25, 0.3) is 0 Å². The standard InChI is InChI=1S/C19H25N5O2/c1-26-18-8-6-16(7-9-18)23-12-10-22(11-13-23)15-2-4-17(5-3-15)24(14-20)19(21)25/h2-9,14,19-20,25H,10-13,21H2,1H3. The summed E-state index contributed by atoms with van der Waals surface area (Å²) in [7, 11) is 1.68. The summed E-state index contributed by atoms with van der Waals surface area (Å²) >= 11 is 0. The molecule has 1 aliphatic rings. The molecule has 0 spiro atoms. The number of anilines is 3. The Hall–Kier alpha value is -2.77. The maximum Gasteiger partial charge on any atom is 0.186 e. The van der Waals surface area contributed by atoms with Gasteiger partial charge < -0.3 is 19.6 Å². The molecule has 4 N–H and O–H groups in total. The molecule has 3 rings (SSSR count). The smallest absolute Gasteiger partial charge is 0.186 e. The van der Waals surface area contributed by atoms with Crippen molar-refractivity contribution in [3.8, 4) is 5.75 Å². The topological polar surface area (TPSA) is 89.1 Å². The Balaban J connectivity index is 1.61. The molecule has 7 heteroatoms. The Morgan fingerprint density at radius 3 is 1.85 bits per heavy atom. The van der Waals surface area contributed by atoms with Gasteiger partial charge in [-0.15, -0.1) is 0 Å². The molecule has 0 amide bonds. The lowest BCUT2D eigenvalue weighted by atomic mass is 10.2. The minimum absolute atomic E-state index is 0.690. The molecule has 2 aromatic rings. The van der Waals surface area contributed by atoms with Crippen LogP contribution in [0.5, 0.6) is 5.75 Å². The van der Waals surface area contributed by atoms with Gasteiger partial charge in [0.25, 0.3) is 0 Å². The van der Waals surface area contributed by atoms with E-state index in [0.29, 0.717) is 5.69 Å². The van der Waals surface area contributed by atoms with Crippen LogP contribution in [0.15, 0.2) is 48.5 Å². The number of nitrogens with one attached hydrogen (secondary N) is 1. The molecule has 1 saturated heterocycles. The first-order valence-electron chi connectivity index (χ1n) is 8.59. The van der Waals surface area contributed by atoms with E-state index < -0.39 is 6.35 Å². The van der Waals surface area contributed by atoms with Crippen molar-refractivity contribution in [2.45, 2.75) is 6.35 Å². The Bertz CT molecular complexity index is 710. The van der Waals surface area contributed by atoms with Crippen LogP contribution in [-0.2, 0) is 0 Å². The SMILES string of the molecule is COc1ccc(N2CCN(c3ccc(N(C=N)C(N)O)cc3)CC2)cc1. The molecular weight excluding hydrogens is 330 g/mol. The van der Waals surface area contributed by atoms with Crippen molar-refractivity contribution in [3.05, 3.63) is 48.5 Å². The highest BCUT2D eigenvalue weighted by molar-refractivity contribution is 5.78. The van der Waals surface area contributed by atoms with Gasteiger partial charge in [-0.2, -0.15) is 0 Å². The van der Waals surface area contributed by atoms with Gasteiger partial charge in [-0.05, 0) is 48.5 Å². The maximum atomic E-state index is 9.48. The van der Waals surface area contributed by atoms with Crippen LogP contribution in [0, 0.1) is 5.41 Å². The second-order valence-electron chi connectivity index (χ2n) is 6.14. The van der Waals surface area contributed by atoms with E-state index in [1.54, 1.807) is 7.11 Å². The predicted octanol–water partition coefficient (Wildman–Crippen LogP) is 1.67. The van der Waals surface area contributed by atoms with Gasteiger partial charge in [0.15, 0.2) is 6.35 Å². The molecule has 138 valence electrons. The molecule has 1 aliphatic heterocycles. The van der Waals surface area contributed by atoms with E-state index in [1.165, 1.54) is 10.6 Å². The fourth-order valence-corrected chi connectivity index (χ4v) is 3.16. The number of aliphatic hydroxyl groups is 1. The number of ether oxygens (including phenoxy) is 1. The van der Waals surface area contributed by atoms with E-state index in [-0.39, 0.29) is 0 Å². The highest BCUT2D eigenvalue weighted by atomic mass is 16.5. The van der Waals surface area contributed by atoms with E-state index in [0.717, 1.165) is 44.0 Å². The number of benzene rings is 2. The van der Waals surface area contributed by atoms with Crippen molar-refractivity contribution in [3.63, 3.8) is 0 Å². The Morgan fingerprint density at radius 1 is 1.00 bits per heavy atom. The van der Waals surface area contributed by atoms with E-state index in [1.807, 2.05) is 36.4 Å². The summed E-state index contributed by atoms with van der Waals surface area (Å²) in [6.45, 7) is 3.75. The molecule has 26 heavy (non-hydrogen) atoms. The summed E-state index contributed by atoms with van der Waals surface area (Å²) in [5.41, 5.74) is 8.48. The first-order chi connectivity index (χ1) is 12.6. The van der Waals surface area contributed by atoms with Crippen LogP contribution in [-0.4, -0.2) is 51.1 Å². The minimum atomic E-state index is -1.22. The number of methoxy groups -OCH3 is 1. The van der Waals surface area contributed by atoms with Gasteiger partial charge in [0.05, 0.1) is 13.4 Å². The fourth-order valence-electron chi connectivity index (χ4n) is 3.16. The lowest BCUT2D eigenvalue weighted by Gasteiger charge is -2.37. The van der Waals surface area contributed by atoms with Crippen molar-refractivity contribution in [1.29, 1.82) is 5.41 Å². The minimum Gasteiger partial charge on any atom is -0.497 e. The molecule has 0 bridgehead atoms.